The molecule has 0 saturated carbocycles. The van der Waals surface area contributed by atoms with E-state index in [-0.39, 0.29) is 17.9 Å². The molecule has 1 N–H and O–H groups in total. The molecule has 5 nitrogen and oxygen atoms in total. The summed E-state index contributed by atoms with van der Waals surface area (Å²) in [6.07, 6.45) is 0.773. The minimum Gasteiger partial charge on any atom is -0.337 e. The number of nitrogens with zero attached hydrogens (tertiary/aromatic N) is 3. The van der Waals surface area contributed by atoms with E-state index in [0.29, 0.717) is 6.04 Å². The number of aromatic nitrogens is 2. The standard InChI is InChI=1S/C16H28N4O/c1-10(9-15-12(3)18-19(6)14(15)5)16(21)20-8-7-17-11(2)13(20)4/h10-11,13,17H,7-9H2,1-6H3. The molecule has 0 aliphatic carbocycles. The summed E-state index contributed by atoms with van der Waals surface area (Å²) in [7, 11) is 1.96. The fourth-order valence-corrected chi connectivity index (χ4v) is 3.16. The molecule has 1 saturated heterocycles. The van der Waals surface area contributed by atoms with Gasteiger partial charge in [-0.3, -0.25) is 9.48 Å². The highest BCUT2D eigenvalue weighted by Gasteiger charge is 2.31. The monoisotopic (exact) mass is 292 g/mol. The minimum atomic E-state index is -0.000602. The van der Waals surface area contributed by atoms with Crippen LogP contribution in [-0.4, -0.2) is 45.8 Å². The molecular weight excluding hydrogens is 264 g/mol. The molecule has 2 rings (SSSR count). The highest BCUT2D eigenvalue weighted by molar-refractivity contribution is 5.79. The van der Waals surface area contributed by atoms with Gasteiger partial charge in [0.25, 0.3) is 0 Å². The fraction of sp³-hybridized carbons (Fsp3) is 0.750. The maximum atomic E-state index is 12.8. The van der Waals surface area contributed by atoms with Gasteiger partial charge in [-0.1, -0.05) is 6.92 Å². The zero-order chi connectivity index (χ0) is 15.7. The lowest BCUT2D eigenvalue weighted by molar-refractivity contribution is -0.138. The van der Waals surface area contributed by atoms with Crippen LogP contribution in [-0.2, 0) is 18.3 Å². The molecule has 0 bridgehead atoms. The summed E-state index contributed by atoms with van der Waals surface area (Å²) in [5, 5.41) is 7.86. The SMILES string of the molecule is Cc1nn(C)c(C)c1CC(C)C(=O)N1CCNC(C)C1C. The number of carbonyl (C=O) groups excluding carboxylic acids is 1. The zero-order valence-corrected chi connectivity index (χ0v) is 14.1. The second-order valence-electron chi connectivity index (χ2n) is 6.39. The van der Waals surface area contributed by atoms with Gasteiger partial charge in [0.1, 0.15) is 0 Å². The van der Waals surface area contributed by atoms with Crippen molar-refractivity contribution in [1.29, 1.82) is 0 Å². The molecule has 118 valence electrons. The molecule has 1 amide bonds. The summed E-state index contributed by atoms with van der Waals surface area (Å²) in [6, 6.07) is 0.613. The molecule has 1 aromatic rings. The third-order valence-corrected chi connectivity index (χ3v) is 4.91. The van der Waals surface area contributed by atoms with Crippen LogP contribution >= 0.6 is 0 Å². The number of carbonyl (C=O) groups is 1. The molecule has 2 heterocycles. The Labute approximate surface area is 127 Å². The zero-order valence-electron chi connectivity index (χ0n) is 14.1. The molecule has 3 unspecified atom stereocenters. The normalized spacial score (nSPS) is 24.2. The van der Waals surface area contributed by atoms with Crippen molar-refractivity contribution in [3.63, 3.8) is 0 Å². The minimum absolute atomic E-state index is 0.000602. The molecule has 3 atom stereocenters. The van der Waals surface area contributed by atoms with E-state index in [1.54, 1.807) is 0 Å². The van der Waals surface area contributed by atoms with Crippen LogP contribution in [0.25, 0.3) is 0 Å². The predicted molar refractivity (Wildman–Crippen MR) is 84.2 cm³/mol. The van der Waals surface area contributed by atoms with Gasteiger partial charge < -0.3 is 10.2 Å². The van der Waals surface area contributed by atoms with Crippen LogP contribution in [0, 0.1) is 19.8 Å². The van der Waals surface area contributed by atoms with Crippen LogP contribution in [0.3, 0.4) is 0 Å². The Morgan fingerprint density at radius 2 is 2.10 bits per heavy atom. The average molecular weight is 292 g/mol. The van der Waals surface area contributed by atoms with Crippen molar-refractivity contribution in [1.82, 2.24) is 20.0 Å². The van der Waals surface area contributed by atoms with Crippen molar-refractivity contribution in [3.8, 4) is 0 Å². The van der Waals surface area contributed by atoms with Gasteiger partial charge in [-0.05, 0) is 39.7 Å². The van der Waals surface area contributed by atoms with Crippen molar-refractivity contribution in [2.24, 2.45) is 13.0 Å². The van der Waals surface area contributed by atoms with Gasteiger partial charge in [0.2, 0.25) is 5.91 Å². The lowest BCUT2D eigenvalue weighted by atomic mass is 9.96. The molecule has 21 heavy (non-hydrogen) atoms. The highest BCUT2D eigenvalue weighted by Crippen LogP contribution is 2.20. The van der Waals surface area contributed by atoms with Gasteiger partial charge in [0, 0.05) is 43.8 Å². The topological polar surface area (TPSA) is 50.2 Å². The van der Waals surface area contributed by atoms with Crippen LogP contribution in [0.2, 0.25) is 0 Å². The Kier molecular flexibility index (Phi) is 4.71. The van der Waals surface area contributed by atoms with E-state index in [1.807, 2.05) is 30.5 Å². The lowest BCUT2D eigenvalue weighted by Crippen LogP contribution is -2.58. The van der Waals surface area contributed by atoms with E-state index >= 15 is 0 Å². The molecule has 0 spiro atoms. The van der Waals surface area contributed by atoms with Crippen LogP contribution < -0.4 is 5.32 Å². The van der Waals surface area contributed by atoms with E-state index in [1.165, 1.54) is 5.56 Å². The number of rotatable bonds is 3. The van der Waals surface area contributed by atoms with Crippen LogP contribution in [0.15, 0.2) is 0 Å². The summed E-state index contributed by atoms with van der Waals surface area (Å²) in [5.74, 6) is 0.262. The molecule has 1 aromatic heterocycles. The maximum absolute atomic E-state index is 12.8. The molecule has 1 aliphatic rings. The highest BCUT2D eigenvalue weighted by atomic mass is 16.2. The van der Waals surface area contributed by atoms with E-state index in [9.17, 15) is 4.79 Å². The fourth-order valence-electron chi connectivity index (χ4n) is 3.16. The molecule has 1 fully saturated rings. The van der Waals surface area contributed by atoms with Crippen molar-refractivity contribution >= 4 is 5.91 Å². The van der Waals surface area contributed by atoms with Crippen molar-refractivity contribution in [3.05, 3.63) is 17.0 Å². The molecule has 0 aromatic carbocycles. The largest absolute Gasteiger partial charge is 0.337 e. The van der Waals surface area contributed by atoms with Crippen molar-refractivity contribution in [2.75, 3.05) is 13.1 Å². The number of hydrogen-bond donors (Lipinski definition) is 1. The van der Waals surface area contributed by atoms with E-state index < -0.39 is 0 Å². The molecular formula is C16H28N4O. The summed E-state index contributed by atoms with van der Waals surface area (Å²) >= 11 is 0. The third kappa shape index (κ3) is 3.12. The lowest BCUT2D eigenvalue weighted by Gasteiger charge is -2.40. The second kappa shape index (κ2) is 6.18. The van der Waals surface area contributed by atoms with Gasteiger partial charge in [0.15, 0.2) is 0 Å². The Bertz CT molecular complexity index is 523. The number of hydrogen-bond acceptors (Lipinski definition) is 3. The van der Waals surface area contributed by atoms with Gasteiger partial charge >= 0.3 is 0 Å². The Morgan fingerprint density at radius 1 is 1.43 bits per heavy atom. The summed E-state index contributed by atoms with van der Waals surface area (Å²) in [5.41, 5.74) is 3.42. The van der Waals surface area contributed by atoms with Crippen molar-refractivity contribution < 1.29 is 4.79 Å². The van der Waals surface area contributed by atoms with E-state index in [2.05, 4.69) is 31.2 Å². The van der Waals surface area contributed by atoms with Gasteiger partial charge in [0.05, 0.1) is 5.69 Å². The third-order valence-electron chi connectivity index (χ3n) is 4.91. The van der Waals surface area contributed by atoms with Gasteiger partial charge in [-0.25, -0.2) is 0 Å². The van der Waals surface area contributed by atoms with Crippen LogP contribution in [0.4, 0.5) is 0 Å². The molecule has 1 aliphatic heterocycles. The Morgan fingerprint density at radius 3 is 2.67 bits per heavy atom. The summed E-state index contributed by atoms with van der Waals surface area (Å²) < 4.78 is 1.90. The number of piperazine rings is 1. The Hall–Kier alpha value is -1.36. The van der Waals surface area contributed by atoms with E-state index in [4.69, 9.17) is 0 Å². The molecule has 5 heteroatoms. The first-order valence-corrected chi connectivity index (χ1v) is 7.85. The van der Waals surface area contributed by atoms with Crippen LogP contribution in [0.5, 0.6) is 0 Å². The van der Waals surface area contributed by atoms with Crippen LogP contribution in [0.1, 0.15) is 37.7 Å². The first-order valence-electron chi connectivity index (χ1n) is 7.85. The number of amides is 1. The summed E-state index contributed by atoms with van der Waals surface area (Å²) in [4.78, 5) is 14.8. The van der Waals surface area contributed by atoms with Gasteiger partial charge in [-0.15, -0.1) is 0 Å². The number of aryl methyl sites for hydroxylation is 2. The summed E-state index contributed by atoms with van der Waals surface area (Å²) in [6.45, 7) is 12.1. The average Bonchev–Trinajstić information content (AvgIpc) is 2.67. The van der Waals surface area contributed by atoms with E-state index in [0.717, 1.165) is 30.9 Å². The first-order chi connectivity index (χ1) is 9.82. The van der Waals surface area contributed by atoms with Crippen molar-refractivity contribution in [2.45, 2.75) is 53.1 Å². The number of nitrogens with one attached hydrogen (secondary N) is 1. The quantitative estimate of drug-likeness (QED) is 0.917. The maximum Gasteiger partial charge on any atom is 0.226 e. The predicted octanol–water partition coefficient (Wildman–Crippen LogP) is 1.42. The smallest absolute Gasteiger partial charge is 0.226 e. The van der Waals surface area contributed by atoms with Gasteiger partial charge in [-0.2, -0.15) is 5.10 Å². The molecule has 0 radical (unpaired) electrons. The second-order valence-corrected chi connectivity index (χ2v) is 6.39. The first kappa shape index (κ1) is 16.0. The Balaban J connectivity index is 2.09.